The van der Waals surface area contributed by atoms with Crippen LogP contribution in [0.25, 0.3) is 5.57 Å². The fourth-order valence-corrected chi connectivity index (χ4v) is 2.81. The van der Waals surface area contributed by atoms with E-state index >= 15 is 0 Å². The lowest BCUT2D eigenvalue weighted by Crippen LogP contribution is -2.28. The van der Waals surface area contributed by atoms with Gasteiger partial charge in [0.25, 0.3) is 0 Å². The SMILES string of the molecule is CC1=C(c2ccccc2)[C@H]1C(=O)NCCCn1cc(C)cn1. The molecule has 1 aliphatic rings. The summed E-state index contributed by atoms with van der Waals surface area (Å²) in [5, 5.41) is 7.27. The van der Waals surface area contributed by atoms with E-state index in [2.05, 4.69) is 22.5 Å². The lowest BCUT2D eigenvalue weighted by molar-refractivity contribution is -0.121. The van der Waals surface area contributed by atoms with Gasteiger partial charge < -0.3 is 5.32 Å². The van der Waals surface area contributed by atoms with E-state index in [0.717, 1.165) is 24.1 Å². The van der Waals surface area contributed by atoms with Crippen LogP contribution in [0.2, 0.25) is 0 Å². The summed E-state index contributed by atoms with van der Waals surface area (Å²) >= 11 is 0. The molecule has 1 heterocycles. The Bertz CT molecular complexity index is 700. The molecule has 1 N–H and O–H groups in total. The molecule has 0 radical (unpaired) electrons. The van der Waals surface area contributed by atoms with Crippen LogP contribution < -0.4 is 5.32 Å². The molecule has 22 heavy (non-hydrogen) atoms. The number of carbonyl (C=O) groups is 1. The van der Waals surface area contributed by atoms with Gasteiger partial charge in [-0.05, 0) is 37.0 Å². The number of hydrogen-bond acceptors (Lipinski definition) is 2. The fourth-order valence-electron chi connectivity index (χ4n) is 2.81. The van der Waals surface area contributed by atoms with Crippen molar-refractivity contribution in [3.8, 4) is 0 Å². The van der Waals surface area contributed by atoms with Crippen molar-refractivity contribution in [2.24, 2.45) is 5.92 Å². The van der Waals surface area contributed by atoms with Gasteiger partial charge in [-0.3, -0.25) is 9.48 Å². The highest BCUT2D eigenvalue weighted by Gasteiger charge is 2.39. The van der Waals surface area contributed by atoms with Crippen LogP contribution in [-0.2, 0) is 11.3 Å². The van der Waals surface area contributed by atoms with Gasteiger partial charge in [0.1, 0.15) is 0 Å². The zero-order valence-electron chi connectivity index (χ0n) is 13.0. The summed E-state index contributed by atoms with van der Waals surface area (Å²) in [6, 6.07) is 10.1. The molecule has 1 aromatic carbocycles. The van der Waals surface area contributed by atoms with Gasteiger partial charge in [0.15, 0.2) is 0 Å². The number of amides is 1. The van der Waals surface area contributed by atoms with Gasteiger partial charge in [-0.25, -0.2) is 0 Å². The first-order valence-corrected chi connectivity index (χ1v) is 7.69. The normalized spacial score (nSPS) is 16.7. The quantitative estimate of drug-likeness (QED) is 0.833. The van der Waals surface area contributed by atoms with Crippen molar-refractivity contribution >= 4 is 11.5 Å². The number of benzene rings is 1. The van der Waals surface area contributed by atoms with Crippen molar-refractivity contribution < 1.29 is 4.79 Å². The summed E-state index contributed by atoms with van der Waals surface area (Å²) in [5.41, 5.74) is 4.69. The van der Waals surface area contributed by atoms with Crippen molar-refractivity contribution in [2.75, 3.05) is 6.54 Å². The topological polar surface area (TPSA) is 46.9 Å². The number of carbonyl (C=O) groups excluding carboxylic acids is 1. The minimum Gasteiger partial charge on any atom is -0.355 e. The maximum Gasteiger partial charge on any atom is 0.231 e. The molecule has 0 saturated heterocycles. The van der Waals surface area contributed by atoms with E-state index in [0.29, 0.717) is 6.54 Å². The first-order chi connectivity index (χ1) is 10.7. The van der Waals surface area contributed by atoms with Gasteiger partial charge in [-0.2, -0.15) is 5.10 Å². The molecule has 0 fully saturated rings. The Balaban J connectivity index is 1.44. The third-order valence-corrected chi connectivity index (χ3v) is 4.04. The molecule has 3 rings (SSSR count). The van der Waals surface area contributed by atoms with E-state index in [-0.39, 0.29) is 11.8 Å². The second-order valence-corrected chi connectivity index (χ2v) is 5.82. The van der Waals surface area contributed by atoms with Gasteiger partial charge in [-0.15, -0.1) is 0 Å². The van der Waals surface area contributed by atoms with Crippen LogP contribution >= 0.6 is 0 Å². The second-order valence-electron chi connectivity index (χ2n) is 5.82. The van der Waals surface area contributed by atoms with E-state index in [9.17, 15) is 4.79 Å². The Labute approximate surface area is 130 Å². The van der Waals surface area contributed by atoms with Gasteiger partial charge in [0.05, 0.1) is 12.1 Å². The first kappa shape index (κ1) is 14.6. The lowest BCUT2D eigenvalue weighted by Gasteiger charge is -2.06. The van der Waals surface area contributed by atoms with Gasteiger partial charge in [0, 0.05) is 19.3 Å². The molecule has 114 valence electrons. The van der Waals surface area contributed by atoms with Gasteiger partial charge in [0.2, 0.25) is 5.91 Å². The lowest BCUT2D eigenvalue weighted by atomic mass is 10.1. The summed E-state index contributed by atoms with van der Waals surface area (Å²) in [4.78, 5) is 12.2. The predicted octanol–water partition coefficient (Wildman–Crippen LogP) is 2.80. The summed E-state index contributed by atoms with van der Waals surface area (Å²) in [6.07, 6.45) is 4.75. The molecule has 1 atom stereocenters. The number of hydrogen-bond donors (Lipinski definition) is 1. The fraction of sp³-hybridized carbons (Fsp3) is 0.333. The summed E-state index contributed by atoms with van der Waals surface area (Å²) in [7, 11) is 0. The third kappa shape index (κ3) is 3.11. The van der Waals surface area contributed by atoms with Crippen LogP contribution in [0.5, 0.6) is 0 Å². The number of aromatic nitrogens is 2. The maximum atomic E-state index is 12.2. The molecular weight excluding hydrogens is 274 g/mol. The molecule has 2 aromatic rings. The third-order valence-electron chi connectivity index (χ3n) is 4.04. The molecule has 4 nitrogen and oxygen atoms in total. The van der Waals surface area contributed by atoms with E-state index in [1.807, 2.05) is 49.1 Å². The average molecular weight is 295 g/mol. The zero-order chi connectivity index (χ0) is 15.5. The Morgan fingerprint density at radius 3 is 2.73 bits per heavy atom. The molecule has 1 amide bonds. The standard InChI is InChI=1S/C18H21N3O/c1-13-11-20-21(12-13)10-6-9-19-18(22)17-14(2)16(17)15-7-4-3-5-8-15/h3-5,7-8,11-12,17H,6,9-10H2,1-2H3,(H,19,22)/t17-/m0/s1. The average Bonchev–Trinajstić information content (AvgIpc) is 3.02. The first-order valence-electron chi connectivity index (χ1n) is 7.69. The molecule has 1 aromatic heterocycles. The van der Waals surface area contributed by atoms with Crippen LogP contribution in [0, 0.1) is 12.8 Å². The Morgan fingerprint density at radius 2 is 2.05 bits per heavy atom. The summed E-state index contributed by atoms with van der Waals surface area (Å²) in [6.45, 7) is 5.58. The van der Waals surface area contributed by atoms with Crippen molar-refractivity contribution in [1.82, 2.24) is 15.1 Å². The highest BCUT2D eigenvalue weighted by Crippen LogP contribution is 2.46. The monoisotopic (exact) mass is 295 g/mol. The van der Waals surface area contributed by atoms with Crippen LogP contribution in [0.1, 0.15) is 24.5 Å². The Hall–Kier alpha value is -2.36. The minimum atomic E-state index is -0.0330. The smallest absolute Gasteiger partial charge is 0.231 e. The van der Waals surface area contributed by atoms with Gasteiger partial charge >= 0.3 is 0 Å². The molecule has 0 bridgehead atoms. The van der Waals surface area contributed by atoms with Crippen LogP contribution in [0.3, 0.4) is 0 Å². The van der Waals surface area contributed by atoms with Crippen LogP contribution in [0.4, 0.5) is 0 Å². The Kier molecular flexibility index (Phi) is 4.09. The van der Waals surface area contributed by atoms with Crippen molar-refractivity contribution in [3.05, 3.63) is 59.4 Å². The minimum absolute atomic E-state index is 0.0330. The van der Waals surface area contributed by atoms with E-state index in [1.54, 1.807) is 0 Å². The molecule has 0 saturated carbocycles. The van der Waals surface area contributed by atoms with E-state index < -0.39 is 0 Å². The van der Waals surface area contributed by atoms with Crippen LogP contribution in [0.15, 0.2) is 48.3 Å². The van der Waals surface area contributed by atoms with Crippen molar-refractivity contribution in [3.63, 3.8) is 0 Å². The molecule has 0 spiro atoms. The number of nitrogens with zero attached hydrogens (tertiary/aromatic N) is 2. The molecule has 0 unspecified atom stereocenters. The second kappa shape index (κ2) is 6.18. The Morgan fingerprint density at radius 1 is 1.27 bits per heavy atom. The molecule has 4 heteroatoms. The maximum absolute atomic E-state index is 12.2. The van der Waals surface area contributed by atoms with Crippen molar-refractivity contribution in [1.29, 1.82) is 0 Å². The number of rotatable bonds is 6. The molecular formula is C18H21N3O. The zero-order valence-corrected chi connectivity index (χ0v) is 13.0. The predicted molar refractivity (Wildman–Crippen MR) is 87.1 cm³/mol. The van der Waals surface area contributed by atoms with Crippen molar-refractivity contribution in [2.45, 2.75) is 26.8 Å². The van der Waals surface area contributed by atoms with E-state index in [1.165, 1.54) is 11.1 Å². The molecule has 1 aliphatic carbocycles. The number of nitrogens with one attached hydrogen (secondary N) is 1. The summed E-state index contributed by atoms with van der Waals surface area (Å²) in [5.74, 6) is 0.0855. The van der Waals surface area contributed by atoms with Gasteiger partial charge in [-0.1, -0.05) is 35.9 Å². The number of aryl methyl sites for hydroxylation is 2. The van der Waals surface area contributed by atoms with Crippen LogP contribution in [-0.4, -0.2) is 22.2 Å². The highest BCUT2D eigenvalue weighted by atomic mass is 16.2. The molecule has 0 aliphatic heterocycles. The summed E-state index contributed by atoms with van der Waals surface area (Å²) < 4.78 is 1.91. The highest BCUT2D eigenvalue weighted by molar-refractivity contribution is 6.05. The largest absolute Gasteiger partial charge is 0.355 e. The van der Waals surface area contributed by atoms with E-state index in [4.69, 9.17) is 0 Å².